The number of aromatic nitrogens is 2. The lowest BCUT2D eigenvalue weighted by molar-refractivity contribution is 0.357. The molecule has 96 valence electrons. The molecule has 1 fully saturated rings. The maximum atomic E-state index is 5.54. The second kappa shape index (κ2) is 4.30. The topological polar surface area (TPSA) is 35.0 Å². The smallest absolute Gasteiger partial charge is 0.133 e. The molecule has 0 saturated heterocycles. The van der Waals surface area contributed by atoms with Gasteiger partial charge in [-0.3, -0.25) is 0 Å². The lowest BCUT2D eigenvalue weighted by Gasteiger charge is -2.06. The van der Waals surface area contributed by atoms with E-state index in [1.807, 2.05) is 12.1 Å². The molecule has 1 aliphatic heterocycles. The van der Waals surface area contributed by atoms with Crippen LogP contribution >= 0.6 is 15.9 Å². The lowest BCUT2D eigenvalue weighted by atomic mass is 10.1. The highest BCUT2D eigenvalue weighted by molar-refractivity contribution is 9.10. The summed E-state index contributed by atoms with van der Waals surface area (Å²) in [5.41, 5.74) is 3.42. The van der Waals surface area contributed by atoms with Crippen LogP contribution in [-0.4, -0.2) is 16.6 Å². The van der Waals surface area contributed by atoms with Crippen molar-refractivity contribution in [3.63, 3.8) is 0 Å². The molecule has 19 heavy (non-hydrogen) atoms. The molecule has 2 heterocycles. The van der Waals surface area contributed by atoms with E-state index in [4.69, 9.17) is 9.72 Å². The van der Waals surface area contributed by atoms with E-state index in [0.29, 0.717) is 5.92 Å². The summed E-state index contributed by atoms with van der Waals surface area (Å²) in [6.07, 6.45) is 3.42. The standard InChI is InChI=1S/C15H13BrN2O/c16-14-8-12(17-15(18-14)9-1-2-9)10-3-4-13-11(7-10)5-6-19-13/h3-4,7-9H,1-2,5-6H2. The monoisotopic (exact) mass is 316 g/mol. The van der Waals surface area contributed by atoms with Gasteiger partial charge in [0.25, 0.3) is 0 Å². The maximum absolute atomic E-state index is 5.54. The van der Waals surface area contributed by atoms with Crippen molar-refractivity contribution in [3.05, 3.63) is 40.3 Å². The van der Waals surface area contributed by atoms with Crippen LogP contribution < -0.4 is 4.74 Å². The Hall–Kier alpha value is -1.42. The van der Waals surface area contributed by atoms with Gasteiger partial charge in [-0.2, -0.15) is 0 Å². The Balaban J connectivity index is 1.79. The number of rotatable bonds is 2. The third-order valence-corrected chi connectivity index (χ3v) is 4.05. The molecule has 0 unspecified atom stereocenters. The fourth-order valence-corrected chi connectivity index (χ4v) is 2.85. The SMILES string of the molecule is Brc1cc(-c2ccc3c(c2)CCO3)nc(C2CC2)n1. The summed E-state index contributed by atoms with van der Waals surface area (Å²) >= 11 is 3.49. The van der Waals surface area contributed by atoms with E-state index < -0.39 is 0 Å². The molecule has 1 aromatic carbocycles. The van der Waals surface area contributed by atoms with Gasteiger partial charge in [0.2, 0.25) is 0 Å². The van der Waals surface area contributed by atoms with E-state index in [2.05, 4.69) is 33.0 Å². The number of ether oxygens (including phenoxy) is 1. The second-order valence-electron chi connectivity index (χ2n) is 5.13. The average Bonchev–Trinajstić information content (AvgIpc) is 3.16. The van der Waals surface area contributed by atoms with E-state index in [9.17, 15) is 0 Å². The number of benzene rings is 1. The van der Waals surface area contributed by atoms with Gasteiger partial charge in [-0.15, -0.1) is 0 Å². The second-order valence-corrected chi connectivity index (χ2v) is 5.94. The van der Waals surface area contributed by atoms with E-state index in [1.54, 1.807) is 0 Å². The molecule has 4 heteroatoms. The summed E-state index contributed by atoms with van der Waals surface area (Å²) < 4.78 is 6.41. The zero-order valence-corrected chi connectivity index (χ0v) is 12.0. The van der Waals surface area contributed by atoms with Gasteiger partial charge < -0.3 is 4.74 Å². The Morgan fingerprint density at radius 3 is 2.89 bits per heavy atom. The molecule has 0 spiro atoms. The van der Waals surface area contributed by atoms with Crippen LogP contribution in [0.5, 0.6) is 5.75 Å². The number of nitrogens with zero attached hydrogens (tertiary/aromatic N) is 2. The summed E-state index contributed by atoms with van der Waals surface area (Å²) in [4.78, 5) is 9.18. The van der Waals surface area contributed by atoms with Crippen molar-refractivity contribution in [1.82, 2.24) is 9.97 Å². The van der Waals surface area contributed by atoms with E-state index in [-0.39, 0.29) is 0 Å². The minimum absolute atomic E-state index is 0.564. The quantitative estimate of drug-likeness (QED) is 0.792. The minimum Gasteiger partial charge on any atom is -0.493 e. The van der Waals surface area contributed by atoms with E-state index in [1.165, 1.54) is 18.4 Å². The zero-order chi connectivity index (χ0) is 12.8. The van der Waals surface area contributed by atoms with Crippen molar-refractivity contribution < 1.29 is 4.74 Å². The Morgan fingerprint density at radius 1 is 1.16 bits per heavy atom. The van der Waals surface area contributed by atoms with Crippen molar-refractivity contribution >= 4 is 15.9 Å². The van der Waals surface area contributed by atoms with Gasteiger partial charge in [0.05, 0.1) is 12.3 Å². The molecule has 0 bridgehead atoms. The normalized spacial score (nSPS) is 17.1. The maximum Gasteiger partial charge on any atom is 0.133 e. The van der Waals surface area contributed by atoms with Gasteiger partial charge >= 0.3 is 0 Å². The molecule has 0 amide bonds. The van der Waals surface area contributed by atoms with Crippen LogP contribution in [0.1, 0.15) is 30.1 Å². The molecule has 1 aromatic heterocycles. The van der Waals surface area contributed by atoms with Crippen molar-refractivity contribution in [2.45, 2.75) is 25.2 Å². The van der Waals surface area contributed by atoms with Gasteiger partial charge in [0.15, 0.2) is 0 Å². The predicted molar refractivity (Wildman–Crippen MR) is 76.3 cm³/mol. The molecule has 2 aliphatic rings. The Labute approximate surface area is 120 Å². The molecule has 4 rings (SSSR count). The molecular formula is C15H13BrN2O. The van der Waals surface area contributed by atoms with Crippen LogP contribution in [0.15, 0.2) is 28.9 Å². The molecular weight excluding hydrogens is 304 g/mol. The molecule has 0 N–H and O–H groups in total. The van der Waals surface area contributed by atoms with Gasteiger partial charge in [-0.25, -0.2) is 9.97 Å². The van der Waals surface area contributed by atoms with Crippen molar-refractivity contribution in [3.8, 4) is 17.0 Å². The summed E-state index contributed by atoms with van der Waals surface area (Å²) in [5, 5.41) is 0. The highest BCUT2D eigenvalue weighted by atomic mass is 79.9. The van der Waals surface area contributed by atoms with Crippen molar-refractivity contribution in [2.75, 3.05) is 6.61 Å². The van der Waals surface area contributed by atoms with Crippen LogP contribution in [0, 0.1) is 0 Å². The Bertz CT molecular complexity index is 653. The summed E-state index contributed by atoms with van der Waals surface area (Å²) in [5.74, 6) is 2.55. The van der Waals surface area contributed by atoms with E-state index in [0.717, 1.165) is 40.5 Å². The summed E-state index contributed by atoms with van der Waals surface area (Å²) in [6.45, 7) is 0.791. The molecule has 1 aliphatic carbocycles. The van der Waals surface area contributed by atoms with Crippen LogP contribution in [0.3, 0.4) is 0 Å². The zero-order valence-electron chi connectivity index (χ0n) is 10.4. The fourth-order valence-electron chi connectivity index (χ4n) is 2.45. The fraction of sp³-hybridized carbons (Fsp3) is 0.333. The Kier molecular flexibility index (Phi) is 2.58. The molecule has 0 atom stereocenters. The third-order valence-electron chi connectivity index (χ3n) is 3.64. The molecule has 1 saturated carbocycles. The van der Waals surface area contributed by atoms with Gasteiger partial charge in [0.1, 0.15) is 16.2 Å². The predicted octanol–water partition coefficient (Wildman–Crippen LogP) is 3.72. The van der Waals surface area contributed by atoms with Crippen LogP contribution in [0.2, 0.25) is 0 Å². The van der Waals surface area contributed by atoms with Crippen LogP contribution in [0.25, 0.3) is 11.3 Å². The number of halogens is 1. The highest BCUT2D eigenvalue weighted by Gasteiger charge is 2.27. The van der Waals surface area contributed by atoms with Crippen molar-refractivity contribution in [1.29, 1.82) is 0 Å². The lowest BCUT2D eigenvalue weighted by Crippen LogP contribution is -1.96. The average molecular weight is 317 g/mol. The third kappa shape index (κ3) is 2.14. The molecule has 2 aromatic rings. The number of hydrogen-bond donors (Lipinski definition) is 0. The summed E-state index contributed by atoms with van der Waals surface area (Å²) in [6, 6.07) is 8.30. The first kappa shape index (κ1) is 11.4. The van der Waals surface area contributed by atoms with Gasteiger partial charge in [-0.1, -0.05) is 0 Å². The first-order chi connectivity index (χ1) is 9.29. The number of hydrogen-bond acceptors (Lipinski definition) is 3. The largest absolute Gasteiger partial charge is 0.493 e. The van der Waals surface area contributed by atoms with Gasteiger partial charge in [-0.05, 0) is 58.6 Å². The molecule has 0 radical (unpaired) electrons. The van der Waals surface area contributed by atoms with Crippen molar-refractivity contribution in [2.24, 2.45) is 0 Å². The molecule has 3 nitrogen and oxygen atoms in total. The van der Waals surface area contributed by atoms with Crippen LogP contribution in [-0.2, 0) is 6.42 Å². The van der Waals surface area contributed by atoms with E-state index >= 15 is 0 Å². The Morgan fingerprint density at radius 2 is 2.05 bits per heavy atom. The highest BCUT2D eigenvalue weighted by Crippen LogP contribution is 2.39. The van der Waals surface area contributed by atoms with Gasteiger partial charge in [0, 0.05) is 17.9 Å². The minimum atomic E-state index is 0.564. The first-order valence-electron chi connectivity index (χ1n) is 6.60. The first-order valence-corrected chi connectivity index (χ1v) is 7.39. The number of fused-ring (bicyclic) bond motifs is 1. The summed E-state index contributed by atoms with van der Waals surface area (Å²) in [7, 11) is 0. The van der Waals surface area contributed by atoms with Crippen LogP contribution in [0.4, 0.5) is 0 Å².